The molecule has 0 fully saturated rings. The van der Waals surface area contributed by atoms with Crippen molar-refractivity contribution >= 4 is 9.84 Å². The highest BCUT2D eigenvalue weighted by Crippen LogP contribution is 2.18. The van der Waals surface area contributed by atoms with Crippen LogP contribution in [0.4, 0.5) is 0 Å². The van der Waals surface area contributed by atoms with Crippen LogP contribution >= 0.6 is 0 Å². The summed E-state index contributed by atoms with van der Waals surface area (Å²) in [6.45, 7) is 1.76. The van der Waals surface area contributed by atoms with Crippen LogP contribution in [0.25, 0.3) is 5.69 Å². The van der Waals surface area contributed by atoms with E-state index in [0.717, 1.165) is 0 Å². The standard InChI is InChI=1S/C18H18N2O3S/c1-14-17(13-24(22,23)16-11-7-4-8-12-16)18(21)20(19(14)2)15-9-5-3-6-10-15/h3-12H,13H2,1-2H3. The molecule has 0 saturated carbocycles. The van der Waals surface area contributed by atoms with Gasteiger partial charge in [-0.05, 0) is 31.2 Å². The van der Waals surface area contributed by atoms with E-state index in [1.807, 2.05) is 30.3 Å². The van der Waals surface area contributed by atoms with Gasteiger partial charge in [0.2, 0.25) is 0 Å². The molecule has 0 saturated heterocycles. The molecule has 0 atom stereocenters. The molecular weight excluding hydrogens is 324 g/mol. The smallest absolute Gasteiger partial charge is 0.275 e. The minimum absolute atomic E-state index is 0.221. The second-order valence-electron chi connectivity index (χ2n) is 5.61. The highest BCUT2D eigenvalue weighted by atomic mass is 32.2. The normalized spacial score (nSPS) is 11.6. The first-order valence-corrected chi connectivity index (χ1v) is 9.18. The third kappa shape index (κ3) is 2.80. The number of hydrogen-bond acceptors (Lipinski definition) is 3. The Kier molecular flexibility index (Phi) is 4.15. The summed E-state index contributed by atoms with van der Waals surface area (Å²) in [4.78, 5) is 13.0. The van der Waals surface area contributed by atoms with Crippen LogP contribution in [0.3, 0.4) is 0 Å². The fourth-order valence-electron chi connectivity index (χ4n) is 2.69. The molecule has 0 radical (unpaired) electrons. The molecule has 0 N–H and O–H groups in total. The summed E-state index contributed by atoms with van der Waals surface area (Å²) in [7, 11) is -1.82. The Balaban J connectivity index is 2.10. The van der Waals surface area contributed by atoms with Gasteiger partial charge in [0.05, 0.1) is 21.9 Å². The lowest BCUT2D eigenvalue weighted by atomic mass is 10.3. The van der Waals surface area contributed by atoms with Crippen molar-refractivity contribution < 1.29 is 8.42 Å². The van der Waals surface area contributed by atoms with Crippen molar-refractivity contribution in [1.29, 1.82) is 0 Å². The van der Waals surface area contributed by atoms with Crippen LogP contribution in [0.1, 0.15) is 11.3 Å². The van der Waals surface area contributed by atoms with Gasteiger partial charge >= 0.3 is 0 Å². The van der Waals surface area contributed by atoms with Crippen molar-refractivity contribution in [2.24, 2.45) is 7.05 Å². The quantitative estimate of drug-likeness (QED) is 0.732. The molecule has 0 aliphatic heterocycles. The predicted molar refractivity (Wildman–Crippen MR) is 93.1 cm³/mol. The van der Waals surface area contributed by atoms with Gasteiger partial charge in [-0.1, -0.05) is 36.4 Å². The molecule has 0 bridgehead atoms. The van der Waals surface area contributed by atoms with E-state index >= 15 is 0 Å². The summed E-state index contributed by atoms with van der Waals surface area (Å²) in [5.74, 6) is -0.310. The third-order valence-electron chi connectivity index (χ3n) is 4.11. The summed E-state index contributed by atoms with van der Waals surface area (Å²) in [5, 5.41) is 0. The van der Waals surface area contributed by atoms with E-state index in [0.29, 0.717) is 16.9 Å². The molecule has 2 aromatic carbocycles. The second-order valence-corrected chi connectivity index (χ2v) is 7.60. The number of sulfone groups is 1. The van der Waals surface area contributed by atoms with E-state index in [4.69, 9.17) is 0 Å². The molecule has 1 heterocycles. The molecule has 124 valence electrons. The van der Waals surface area contributed by atoms with Gasteiger partial charge in [0.25, 0.3) is 5.56 Å². The zero-order valence-electron chi connectivity index (χ0n) is 13.5. The van der Waals surface area contributed by atoms with E-state index in [-0.39, 0.29) is 16.2 Å². The van der Waals surface area contributed by atoms with Crippen LogP contribution in [-0.2, 0) is 22.6 Å². The molecule has 3 rings (SSSR count). The SMILES string of the molecule is Cc1c(CS(=O)(=O)c2ccccc2)c(=O)n(-c2ccccc2)n1C. The van der Waals surface area contributed by atoms with Crippen molar-refractivity contribution in [3.8, 4) is 5.69 Å². The summed E-state index contributed by atoms with van der Waals surface area (Å²) < 4.78 is 28.4. The van der Waals surface area contributed by atoms with Gasteiger partial charge in [0.15, 0.2) is 9.84 Å². The van der Waals surface area contributed by atoms with Crippen LogP contribution in [0.2, 0.25) is 0 Å². The zero-order valence-corrected chi connectivity index (χ0v) is 14.3. The highest BCUT2D eigenvalue weighted by molar-refractivity contribution is 7.90. The largest absolute Gasteiger partial charge is 0.285 e. The van der Waals surface area contributed by atoms with E-state index in [1.54, 1.807) is 49.0 Å². The van der Waals surface area contributed by atoms with Crippen molar-refractivity contribution in [2.75, 3.05) is 0 Å². The third-order valence-corrected chi connectivity index (χ3v) is 5.77. The van der Waals surface area contributed by atoms with Crippen LogP contribution in [-0.4, -0.2) is 17.8 Å². The van der Waals surface area contributed by atoms with Crippen molar-refractivity contribution in [2.45, 2.75) is 17.6 Å². The van der Waals surface area contributed by atoms with Gasteiger partial charge in [-0.25, -0.2) is 13.1 Å². The van der Waals surface area contributed by atoms with Gasteiger partial charge < -0.3 is 0 Å². The molecule has 0 unspecified atom stereocenters. The fraction of sp³-hybridized carbons (Fsp3) is 0.167. The first-order chi connectivity index (χ1) is 11.4. The number of rotatable bonds is 4. The van der Waals surface area contributed by atoms with Crippen molar-refractivity contribution in [1.82, 2.24) is 9.36 Å². The number of aromatic nitrogens is 2. The Bertz CT molecular complexity index is 1020. The van der Waals surface area contributed by atoms with Crippen molar-refractivity contribution in [3.63, 3.8) is 0 Å². The number of hydrogen-bond donors (Lipinski definition) is 0. The average Bonchev–Trinajstić information content (AvgIpc) is 2.80. The van der Waals surface area contributed by atoms with E-state index in [1.165, 1.54) is 4.68 Å². The van der Waals surface area contributed by atoms with Crippen LogP contribution < -0.4 is 5.56 Å². The summed E-state index contributed by atoms with van der Waals surface area (Å²) in [5.41, 5.74) is 1.34. The lowest BCUT2D eigenvalue weighted by Gasteiger charge is -2.07. The van der Waals surface area contributed by atoms with Gasteiger partial charge in [-0.2, -0.15) is 0 Å². The van der Waals surface area contributed by atoms with E-state index in [9.17, 15) is 13.2 Å². The lowest BCUT2D eigenvalue weighted by molar-refractivity contribution is 0.595. The van der Waals surface area contributed by atoms with Crippen LogP contribution in [0.5, 0.6) is 0 Å². The summed E-state index contributed by atoms with van der Waals surface area (Å²) in [6, 6.07) is 17.4. The van der Waals surface area contributed by atoms with Gasteiger partial charge in [0, 0.05) is 12.7 Å². The zero-order chi connectivity index (χ0) is 17.3. The minimum atomic E-state index is -3.57. The molecule has 1 aromatic heterocycles. The maximum atomic E-state index is 12.8. The molecule has 24 heavy (non-hydrogen) atoms. The number of nitrogens with zero attached hydrogens (tertiary/aromatic N) is 2. The Labute approximate surface area is 140 Å². The van der Waals surface area contributed by atoms with Gasteiger partial charge in [-0.15, -0.1) is 0 Å². The fourth-order valence-corrected chi connectivity index (χ4v) is 4.14. The first-order valence-electron chi connectivity index (χ1n) is 7.52. The molecule has 0 aliphatic rings. The highest BCUT2D eigenvalue weighted by Gasteiger charge is 2.23. The first kappa shape index (κ1) is 16.3. The molecular formula is C18H18N2O3S. The average molecular weight is 342 g/mol. The summed E-state index contributed by atoms with van der Waals surface area (Å²) >= 11 is 0. The molecule has 0 aliphatic carbocycles. The number of benzene rings is 2. The van der Waals surface area contributed by atoms with Crippen LogP contribution in [0.15, 0.2) is 70.4 Å². The molecule has 3 aromatic rings. The second kappa shape index (κ2) is 6.13. The van der Waals surface area contributed by atoms with E-state index < -0.39 is 9.84 Å². The minimum Gasteiger partial charge on any atom is -0.285 e. The summed E-state index contributed by atoms with van der Waals surface area (Å²) in [6.07, 6.45) is 0. The molecule has 0 spiro atoms. The predicted octanol–water partition coefficient (Wildman–Crippen LogP) is 2.46. The van der Waals surface area contributed by atoms with E-state index in [2.05, 4.69) is 0 Å². The monoisotopic (exact) mass is 342 g/mol. The molecule has 0 amide bonds. The Morgan fingerprint density at radius 1 is 0.917 bits per heavy atom. The Hall–Kier alpha value is -2.60. The molecule has 5 nitrogen and oxygen atoms in total. The van der Waals surface area contributed by atoms with Crippen molar-refractivity contribution in [3.05, 3.63) is 82.3 Å². The van der Waals surface area contributed by atoms with Gasteiger partial charge in [0.1, 0.15) is 0 Å². The van der Waals surface area contributed by atoms with Gasteiger partial charge in [-0.3, -0.25) is 9.48 Å². The lowest BCUT2D eigenvalue weighted by Crippen LogP contribution is -2.22. The number of para-hydroxylation sites is 1. The molecule has 6 heteroatoms. The van der Waals surface area contributed by atoms with Crippen LogP contribution in [0, 0.1) is 6.92 Å². The maximum Gasteiger partial charge on any atom is 0.275 e. The Morgan fingerprint density at radius 3 is 2.04 bits per heavy atom. The topological polar surface area (TPSA) is 61.1 Å². The maximum absolute atomic E-state index is 12.8. The Morgan fingerprint density at radius 2 is 1.46 bits per heavy atom.